The fourth-order valence-corrected chi connectivity index (χ4v) is 3.10. The van der Waals surface area contributed by atoms with Crippen LogP contribution >= 0.6 is 0 Å². The number of nitrogens with zero attached hydrogens (tertiary/aromatic N) is 1. The van der Waals surface area contributed by atoms with Gasteiger partial charge in [-0.2, -0.15) is 0 Å². The Labute approximate surface area is 117 Å². The van der Waals surface area contributed by atoms with Crippen LogP contribution in [0.15, 0.2) is 12.1 Å². The number of amides is 1. The first-order valence-corrected chi connectivity index (χ1v) is 7.06. The molecule has 2 N–H and O–H groups in total. The Morgan fingerprint density at radius 3 is 2.85 bits per heavy atom. The summed E-state index contributed by atoms with van der Waals surface area (Å²) in [4.78, 5) is 13.5. The number of benzene rings is 1. The van der Waals surface area contributed by atoms with Gasteiger partial charge < -0.3 is 15.3 Å². The standard InChI is InChI=1S/C15H19FN2O2/c1-8-3-4-9(2)18(7-8)13-6-12-10(5-11(13)16)14(19)15(20)17-12/h5-6,8-9,14,19H,3-4,7H2,1-2H3,(H,17,20). The zero-order valence-electron chi connectivity index (χ0n) is 11.7. The molecule has 0 aromatic heterocycles. The summed E-state index contributed by atoms with van der Waals surface area (Å²) in [5.41, 5.74) is 1.36. The van der Waals surface area contributed by atoms with E-state index in [1.54, 1.807) is 6.07 Å². The lowest BCUT2D eigenvalue weighted by Gasteiger charge is -2.38. The Morgan fingerprint density at radius 1 is 1.35 bits per heavy atom. The van der Waals surface area contributed by atoms with E-state index in [0.29, 0.717) is 22.9 Å². The first kappa shape index (κ1) is 13.4. The maximum atomic E-state index is 14.3. The summed E-state index contributed by atoms with van der Waals surface area (Å²) in [6.45, 7) is 5.06. The summed E-state index contributed by atoms with van der Waals surface area (Å²) in [7, 11) is 0. The Hall–Kier alpha value is -1.62. The van der Waals surface area contributed by atoms with E-state index < -0.39 is 12.0 Å². The van der Waals surface area contributed by atoms with Gasteiger partial charge in [0.25, 0.3) is 5.91 Å². The first-order chi connectivity index (χ1) is 9.47. The second-order valence-electron chi connectivity index (χ2n) is 5.97. The van der Waals surface area contributed by atoms with Crippen LogP contribution in [0.1, 0.15) is 38.4 Å². The molecule has 0 radical (unpaired) electrons. The number of rotatable bonds is 1. The number of carbonyl (C=O) groups is 1. The number of anilines is 2. The quantitative estimate of drug-likeness (QED) is 0.829. The highest BCUT2D eigenvalue weighted by Gasteiger charge is 2.32. The van der Waals surface area contributed by atoms with Crippen molar-refractivity contribution in [3.63, 3.8) is 0 Å². The lowest BCUT2D eigenvalue weighted by atomic mass is 9.94. The van der Waals surface area contributed by atoms with Gasteiger partial charge in [-0.15, -0.1) is 0 Å². The summed E-state index contributed by atoms with van der Waals surface area (Å²) in [6, 6.07) is 3.20. The van der Waals surface area contributed by atoms with E-state index in [2.05, 4.69) is 24.1 Å². The van der Waals surface area contributed by atoms with Crippen molar-refractivity contribution in [3.05, 3.63) is 23.5 Å². The molecule has 2 heterocycles. The molecule has 1 amide bonds. The van der Waals surface area contributed by atoms with Crippen molar-refractivity contribution in [2.45, 2.75) is 38.8 Å². The lowest BCUT2D eigenvalue weighted by molar-refractivity contribution is -0.123. The number of aliphatic hydroxyl groups is 1. The van der Waals surface area contributed by atoms with Crippen LogP contribution in [-0.4, -0.2) is 23.6 Å². The SMILES string of the molecule is CC1CCC(C)N(c2cc3c(cc2F)C(O)C(=O)N3)C1. The molecule has 2 aliphatic rings. The topological polar surface area (TPSA) is 52.6 Å². The van der Waals surface area contributed by atoms with Crippen LogP contribution in [0, 0.1) is 11.7 Å². The van der Waals surface area contributed by atoms with Crippen LogP contribution in [0.5, 0.6) is 0 Å². The summed E-state index contributed by atoms with van der Waals surface area (Å²) < 4.78 is 14.3. The van der Waals surface area contributed by atoms with Crippen molar-refractivity contribution < 1.29 is 14.3 Å². The zero-order valence-corrected chi connectivity index (χ0v) is 11.7. The lowest BCUT2D eigenvalue weighted by Crippen LogP contribution is -2.41. The molecule has 3 atom stereocenters. The van der Waals surface area contributed by atoms with Gasteiger partial charge >= 0.3 is 0 Å². The van der Waals surface area contributed by atoms with Gasteiger partial charge in [0, 0.05) is 23.8 Å². The van der Waals surface area contributed by atoms with E-state index in [0.717, 1.165) is 19.4 Å². The third kappa shape index (κ3) is 2.06. The monoisotopic (exact) mass is 278 g/mol. The van der Waals surface area contributed by atoms with Crippen LogP contribution in [-0.2, 0) is 4.79 Å². The molecule has 108 valence electrons. The van der Waals surface area contributed by atoms with Gasteiger partial charge in [0.1, 0.15) is 5.82 Å². The number of hydrogen-bond acceptors (Lipinski definition) is 3. The average Bonchev–Trinajstić information content (AvgIpc) is 2.68. The van der Waals surface area contributed by atoms with Crippen LogP contribution in [0.2, 0.25) is 0 Å². The van der Waals surface area contributed by atoms with E-state index in [9.17, 15) is 14.3 Å². The molecule has 1 aromatic rings. The summed E-state index contributed by atoms with van der Waals surface area (Å²) in [5, 5.41) is 12.3. The maximum Gasteiger partial charge on any atom is 0.257 e. The molecular weight excluding hydrogens is 259 g/mol. The van der Waals surface area contributed by atoms with Crippen molar-refractivity contribution in [1.82, 2.24) is 0 Å². The Balaban J connectivity index is 1.99. The van der Waals surface area contributed by atoms with Gasteiger partial charge in [0.05, 0.1) is 5.69 Å². The predicted octanol–water partition coefficient (Wildman–Crippen LogP) is 2.44. The summed E-state index contributed by atoms with van der Waals surface area (Å²) in [5.74, 6) is -0.337. The number of fused-ring (bicyclic) bond motifs is 1. The molecule has 0 bridgehead atoms. The molecule has 5 heteroatoms. The Morgan fingerprint density at radius 2 is 2.10 bits per heavy atom. The third-order valence-electron chi connectivity index (χ3n) is 4.35. The van der Waals surface area contributed by atoms with Gasteiger partial charge in [-0.3, -0.25) is 4.79 Å². The number of nitrogens with one attached hydrogen (secondary N) is 1. The third-order valence-corrected chi connectivity index (χ3v) is 4.35. The van der Waals surface area contributed by atoms with E-state index in [1.807, 2.05) is 0 Å². The van der Waals surface area contributed by atoms with Crippen molar-refractivity contribution in [2.75, 3.05) is 16.8 Å². The fraction of sp³-hybridized carbons (Fsp3) is 0.533. The number of hydrogen-bond donors (Lipinski definition) is 2. The fourth-order valence-electron chi connectivity index (χ4n) is 3.10. The van der Waals surface area contributed by atoms with Crippen LogP contribution in [0.3, 0.4) is 0 Å². The molecule has 20 heavy (non-hydrogen) atoms. The molecule has 4 nitrogen and oxygen atoms in total. The normalized spacial score (nSPS) is 29.3. The molecule has 1 aromatic carbocycles. The minimum absolute atomic E-state index is 0.278. The molecule has 2 aliphatic heterocycles. The minimum atomic E-state index is -1.26. The second-order valence-corrected chi connectivity index (χ2v) is 5.97. The van der Waals surface area contributed by atoms with E-state index in [1.165, 1.54) is 6.07 Å². The molecule has 3 unspecified atom stereocenters. The van der Waals surface area contributed by atoms with Gasteiger partial charge in [0.15, 0.2) is 6.10 Å². The number of aliphatic hydroxyl groups excluding tert-OH is 1. The average molecular weight is 278 g/mol. The minimum Gasteiger partial charge on any atom is -0.378 e. The molecular formula is C15H19FN2O2. The Kier molecular flexibility index (Phi) is 3.17. The molecule has 1 fully saturated rings. The molecule has 3 rings (SSSR count). The van der Waals surface area contributed by atoms with Gasteiger partial charge in [-0.05, 0) is 37.8 Å². The van der Waals surface area contributed by atoms with E-state index >= 15 is 0 Å². The number of piperidine rings is 1. The molecule has 0 saturated carbocycles. The maximum absolute atomic E-state index is 14.3. The largest absolute Gasteiger partial charge is 0.378 e. The van der Waals surface area contributed by atoms with Crippen molar-refractivity contribution in [2.24, 2.45) is 5.92 Å². The Bertz CT molecular complexity index is 561. The van der Waals surface area contributed by atoms with Crippen LogP contribution in [0.25, 0.3) is 0 Å². The van der Waals surface area contributed by atoms with Crippen molar-refractivity contribution in [3.8, 4) is 0 Å². The molecule has 0 spiro atoms. The van der Waals surface area contributed by atoms with E-state index in [-0.39, 0.29) is 11.9 Å². The smallest absolute Gasteiger partial charge is 0.257 e. The zero-order chi connectivity index (χ0) is 14.4. The highest BCUT2D eigenvalue weighted by molar-refractivity contribution is 6.02. The molecule has 0 aliphatic carbocycles. The van der Waals surface area contributed by atoms with Gasteiger partial charge in [0.2, 0.25) is 0 Å². The van der Waals surface area contributed by atoms with Crippen molar-refractivity contribution >= 4 is 17.3 Å². The molecule has 1 saturated heterocycles. The highest BCUT2D eigenvalue weighted by atomic mass is 19.1. The predicted molar refractivity (Wildman–Crippen MR) is 75.2 cm³/mol. The summed E-state index contributed by atoms with van der Waals surface area (Å²) in [6.07, 6.45) is 0.929. The van der Waals surface area contributed by atoms with Crippen LogP contribution in [0.4, 0.5) is 15.8 Å². The second kappa shape index (κ2) is 4.74. The summed E-state index contributed by atoms with van der Waals surface area (Å²) >= 11 is 0. The highest BCUT2D eigenvalue weighted by Crippen LogP contribution is 2.38. The number of halogens is 1. The van der Waals surface area contributed by atoms with Gasteiger partial charge in [-0.1, -0.05) is 6.92 Å². The first-order valence-electron chi connectivity index (χ1n) is 7.06. The van der Waals surface area contributed by atoms with E-state index in [4.69, 9.17) is 0 Å². The van der Waals surface area contributed by atoms with Crippen molar-refractivity contribution in [1.29, 1.82) is 0 Å². The number of carbonyl (C=O) groups excluding carboxylic acids is 1. The van der Waals surface area contributed by atoms with Crippen LogP contribution < -0.4 is 10.2 Å². The van der Waals surface area contributed by atoms with Gasteiger partial charge in [-0.25, -0.2) is 4.39 Å².